The molecule has 148 valence electrons. The number of aromatic nitrogens is 1. The Hall–Kier alpha value is -2.96. The zero-order chi connectivity index (χ0) is 21.0. The first-order valence-electron chi connectivity index (χ1n) is 8.57. The minimum Gasteiger partial charge on any atom is -0.364 e. The smallest absolute Gasteiger partial charge is 0.267 e. The Morgan fingerprint density at radius 2 is 1.83 bits per heavy atom. The molecule has 8 heteroatoms. The van der Waals surface area contributed by atoms with E-state index >= 15 is 0 Å². The quantitative estimate of drug-likeness (QED) is 0.625. The summed E-state index contributed by atoms with van der Waals surface area (Å²) in [4.78, 5) is 29.8. The fourth-order valence-corrected chi connectivity index (χ4v) is 3.21. The highest BCUT2D eigenvalue weighted by molar-refractivity contribution is 6.35. The van der Waals surface area contributed by atoms with Gasteiger partial charge in [0.2, 0.25) is 0 Å². The highest BCUT2D eigenvalue weighted by atomic mass is 35.5. The van der Waals surface area contributed by atoms with Crippen LogP contribution < -0.4 is 5.73 Å². The number of hydrogen-bond donors (Lipinski definition) is 1. The fraction of sp³-hybridized carbons (Fsp3) is 0.0952. The van der Waals surface area contributed by atoms with Gasteiger partial charge in [-0.05, 0) is 47.5 Å². The van der Waals surface area contributed by atoms with Crippen LogP contribution in [0.1, 0.15) is 32.0 Å². The van der Waals surface area contributed by atoms with Gasteiger partial charge in [0.05, 0.1) is 0 Å². The Balaban J connectivity index is 1.91. The molecule has 3 aromatic rings. The first-order valence-corrected chi connectivity index (χ1v) is 9.32. The van der Waals surface area contributed by atoms with Crippen molar-refractivity contribution < 1.29 is 14.0 Å². The molecule has 0 saturated heterocycles. The number of carbonyl (C=O) groups excluding carboxylic acids is 2. The average molecular weight is 432 g/mol. The molecule has 0 fully saturated rings. The summed E-state index contributed by atoms with van der Waals surface area (Å²) < 4.78 is 13.6. The van der Waals surface area contributed by atoms with E-state index in [1.54, 1.807) is 24.3 Å². The Bertz CT molecular complexity index is 1060. The van der Waals surface area contributed by atoms with Crippen molar-refractivity contribution in [2.75, 3.05) is 0 Å². The van der Waals surface area contributed by atoms with Gasteiger partial charge in [0, 0.05) is 34.9 Å². The molecule has 5 nitrogen and oxygen atoms in total. The molecule has 0 atom stereocenters. The SMILES string of the molecule is NC(=O)c1ccc(CN(Cc2ccc(Cl)cc2Cl)C(=O)c2cccc(F)c2)cn1. The number of primary amides is 1. The van der Waals surface area contributed by atoms with Crippen molar-refractivity contribution in [1.82, 2.24) is 9.88 Å². The van der Waals surface area contributed by atoms with Crippen LogP contribution in [-0.2, 0) is 13.1 Å². The summed E-state index contributed by atoms with van der Waals surface area (Å²) >= 11 is 12.2. The minimum absolute atomic E-state index is 0.123. The standard InChI is InChI=1S/C21H16Cl2FN3O2/c22-16-6-5-15(18(23)9-16)12-27(21(29)14-2-1-3-17(24)8-14)11-13-4-7-19(20(25)28)26-10-13/h1-10H,11-12H2,(H2,25,28). The number of nitrogens with zero attached hydrogens (tertiary/aromatic N) is 2. The Labute approximate surface area is 176 Å². The first-order chi connectivity index (χ1) is 13.8. The predicted molar refractivity (Wildman–Crippen MR) is 109 cm³/mol. The Morgan fingerprint density at radius 3 is 2.45 bits per heavy atom. The van der Waals surface area contributed by atoms with E-state index in [9.17, 15) is 14.0 Å². The highest BCUT2D eigenvalue weighted by Crippen LogP contribution is 2.24. The van der Waals surface area contributed by atoms with Crippen LogP contribution in [0.5, 0.6) is 0 Å². The topological polar surface area (TPSA) is 76.3 Å². The van der Waals surface area contributed by atoms with Crippen molar-refractivity contribution in [2.45, 2.75) is 13.1 Å². The summed E-state index contributed by atoms with van der Waals surface area (Å²) in [5, 5.41) is 0.893. The second kappa shape index (κ2) is 9.03. The highest BCUT2D eigenvalue weighted by Gasteiger charge is 2.19. The molecule has 0 spiro atoms. The lowest BCUT2D eigenvalue weighted by atomic mass is 10.1. The third-order valence-electron chi connectivity index (χ3n) is 4.19. The van der Waals surface area contributed by atoms with Gasteiger partial charge < -0.3 is 10.6 Å². The normalized spacial score (nSPS) is 10.6. The second-order valence-corrected chi connectivity index (χ2v) is 7.17. The fourth-order valence-electron chi connectivity index (χ4n) is 2.74. The molecule has 0 aliphatic rings. The van der Waals surface area contributed by atoms with E-state index in [1.165, 1.54) is 41.4 Å². The number of rotatable bonds is 6. The van der Waals surface area contributed by atoms with E-state index < -0.39 is 11.7 Å². The summed E-state index contributed by atoms with van der Waals surface area (Å²) in [6, 6.07) is 13.6. The molecule has 0 radical (unpaired) electrons. The number of nitrogens with two attached hydrogens (primary N) is 1. The van der Waals surface area contributed by atoms with Gasteiger partial charge in [-0.3, -0.25) is 14.6 Å². The number of pyridine rings is 1. The molecule has 2 N–H and O–H groups in total. The van der Waals surface area contributed by atoms with Crippen LogP contribution in [0, 0.1) is 5.82 Å². The van der Waals surface area contributed by atoms with Crippen molar-refractivity contribution >= 4 is 35.0 Å². The third-order valence-corrected chi connectivity index (χ3v) is 4.77. The molecule has 0 aliphatic carbocycles. The summed E-state index contributed by atoms with van der Waals surface area (Å²) in [7, 11) is 0. The van der Waals surface area contributed by atoms with Gasteiger partial charge in [0.15, 0.2) is 0 Å². The molecular weight excluding hydrogens is 416 g/mol. The van der Waals surface area contributed by atoms with Gasteiger partial charge in [0.25, 0.3) is 11.8 Å². The minimum atomic E-state index is -0.641. The van der Waals surface area contributed by atoms with Crippen molar-refractivity contribution in [3.63, 3.8) is 0 Å². The van der Waals surface area contributed by atoms with Crippen molar-refractivity contribution in [1.29, 1.82) is 0 Å². The monoisotopic (exact) mass is 431 g/mol. The molecule has 1 heterocycles. The summed E-state index contributed by atoms with van der Waals surface area (Å²) in [6.45, 7) is 0.337. The van der Waals surface area contributed by atoms with Gasteiger partial charge in [0.1, 0.15) is 11.5 Å². The van der Waals surface area contributed by atoms with Crippen LogP contribution >= 0.6 is 23.2 Å². The molecule has 2 amide bonds. The van der Waals surface area contributed by atoms with E-state index in [0.29, 0.717) is 21.2 Å². The van der Waals surface area contributed by atoms with Gasteiger partial charge in [-0.2, -0.15) is 0 Å². The zero-order valence-corrected chi connectivity index (χ0v) is 16.6. The maximum Gasteiger partial charge on any atom is 0.267 e. The lowest BCUT2D eigenvalue weighted by molar-refractivity contribution is 0.0729. The largest absolute Gasteiger partial charge is 0.364 e. The molecule has 0 saturated carbocycles. The lowest BCUT2D eigenvalue weighted by Crippen LogP contribution is -2.30. The van der Waals surface area contributed by atoms with Crippen LogP contribution in [0.15, 0.2) is 60.8 Å². The van der Waals surface area contributed by atoms with E-state index in [4.69, 9.17) is 28.9 Å². The lowest BCUT2D eigenvalue weighted by Gasteiger charge is -2.24. The molecule has 0 aliphatic heterocycles. The maximum absolute atomic E-state index is 13.6. The van der Waals surface area contributed by atoms with Crippen LogP contribution in [0.2, 0.25) is 10.0 Å². The molecular formula is C21H16Cl2FN3O2. The molecule has 0 unspecified atom stereocenters. The van der Waals surface area contributed by atoms with Gasteiger partial charge >= 0.3 is 0 Å². The number of benzene rings is 2. The zero-order valence-electron chi connectivity index (χ0n) is 15.1. The van der Waals surface area contributed by atoms with E-state index in [0.717, 1.165) is 0 Å². The van der Waals surface area contributed by atoms with Crippen molar-refractivity contribution in [3.05, 3.63) is 99.0 Å². The van der Waals surface area contributed by atoms with Crippen LogP contribution in [0.4, 0.5) is 4.39 Å². The van der Waals surface area contributed by atoms with Gasteiger partial charge in [-0.1, -0.05) is 41.4 Å². The average Bonchev–Trinajstić information content (AvgIpc) is 2.69. The van der Waals surface area contributed by atoms with Crippen molar-refractivity contribution in [2.24, 2.45) is 5.73 Å². The summed E-state index contributed by atoms with van der Waals surface area (Å²) in [5.41, 5.74) is 6.89. The first kappa shape index (κ1) is 20.8. The molecule has 3 rings (SSSR count). The summed E-state index contributed by atoms with van der Waals surface area (Å²) in [5.74, 6) is -1.53. The van der Waals surface area contributed by atoms with Gasteiger partial charge in [-0.15, -0.1) is 0 Å². The van der Waals surface area contributed by atoms with E-state index in [-0.39, 0.29) is 30.3 Å². The maximum atomic E-state index is 13.6. The summed E-state index contributed by atoms with van der Waals surface area (Å²) in [6.07, 6.45) is 1.47. The van der Waals surface area contributed by atoms with Crippen LogP contribution in [-0.4, -0.2) is 21.7 Å². The van der Waals surface area contributed by atoms with Crippen LogP contribution in [0.25, 0.3) is 0 Å². The Kier molecular flexibility index (Phi) is 6.46. The van der Waals surface area contributed by atoms with Crippen molar-refractivity contribution in [3.8, 4) is 0 Å². The number of halogens is 3. The number of hydrogen-bond acceptors (Lipinski definition) is 3. The van der Waals surface area contributed by atoms with E-state index in [1.807, 2.05) is 0 Å². The Morgan fingerprint density at radius 1 is 1.03 bits per heavy atom. The second-order valence-electron chi connectivity index (χ2n) is 6.32. The molecule has 1 aromatic heterocycles. The van der Waals surface area contributed by atoms with Crippen LogP contribution in [0.3, 0.4) is 0 Å². The van der Waals surface area contributed by atoms with Gasteiger partial charge in [-0.25, -0.2) is 4.39 Å². The number of amides is 2. The predicted octanol–water partition coefficient (Wildman–Crippen LogP) is 4.47. The molecule has 29 heavy (non-hydrogen) atoms. The third kappa shape index (κ3) is 5.31. The van der Waals surface area contributed by atoms with E-state index in [2.05, 4.69) is 4.98 Å². The number of carbonyl (C=O) groups is 2. The molecule has 2 aromatic carbocycles. The molecule has 0 bridgehead atoms.